The van der Waals surface area contributed by atoms with Crippen LogP contribution in [-0.2, 0) is 16.2 Å². The topological polar surface area (TPSA) is 59.0 Å². The van der Waals surface area contributed by atoms with Gasteiger partial charge in [-0.05, 0) is 48.4 Å². The third kappa shape index (κ3) is 4.94. The second kappa shape index (κ2) is 8.05. The van der Waals surface area contributed by atoms with E-state index in [0.717, 1.165) is 12.1 Å². The van der Waals surface area contributed by atoms with Gasteiger partial charge in [-0.2, -0.15) is 13.2 Å². The van der Waals surface area contributed by atoms with E-state index in [2.05, 4.69) is 4.40 Å². The molecule has 2 aliphatic rings. The number of halogens is 4. The predicted molar refractivity (Wildman–Crippen MR) is 112 cm³/mol. The van der Waals surface area contributed by atoms with Crippen molar-refractivity contribution in [3.63, 3.8) is 0 Å². The number of allylic oxidation sites excluding steroid dienone is 2. The Morgan fingerprint density at radius 2 is 1.81 bits per heavy atom. The smallest absolute Gasteiger partial charge is 0.416 e. The maximum Gasteiger partial charge on any atom is 0.416 e. The van der Waals surface area contributed by atoms with Gasteiger partial charge in [-0.3, -0.25) is 0 Å². The Labute approximate surface area is 182 Å². The van der Waals surface area contributed by atoms with Crippen LogP contribution in [-0.4, -0.2) is 31.5 Å². The van der Waals surface area contributed by atoms with Gasteiger partial charge in [0, 0.05) is 18.3 Å². The molecular weight excluding hydrogens is 453 g/mol. The van der Waals surface area contributed by atoms with Crippen LogP contribution >= 0.6 is 11.6 Å². The largest absolute Gasteiger partial charge is 0.457 e. The second-order valence-electron chi connectivity index (χ2n) is 6.97. The molecule has 0 atom stereocenters. The number of sulfonamides is 1. The highest BCUT2D eigenvalue weighted by Crippen LogP contribution is 2.34. The highest BCUT2D eigenvalue weighted by Gasteiger charge is 2.31. The van der Waals surface area contributed by atoms with Gasteiger partial charge in [0.2, 0.25) is 0 Å². The molecule has 0 amide bonds. The van der Waals surface area contributed by atoms with Gasteiger partial charge in [-0.15, -0.1) is 4.40 Å². The summed E-state index contributed by atoms with van der Waals surface area (Å²) < 4.78 is 72.4. The predicted octanol–water partition coefficient (Wildman–Crippen LogP) is 5.41. The Kier molecular flexibility index (Phi) is 5.57. The number of fused-ring (bicyclic) bond motifs is 1. The van der Waals surface area contributed by atoms with E-state index in [4.69, 9.17) is 16.3 Å². The molecule has 0 spiro atoms. The third-order valence-corrected chi connectivity index (χ3v) is 6.13. The zero-order chi connectivity index (χ0) is 22.2. The molecule has 2 aromatic carbocycles. The second-order valence-corrected chi connectivity index (χ2v) is 9.16. The molecule has 0 radical (unpaired) electrons. The first-order chi connectivity index (χ1) is 14.6. The first-order valence-electron chi connectivity index (χ1n) is 9.25. The quantitative estimate of drug-likeness (QED) is 0.604. The number of amidine groups is 1. The van der Waals surface area contributed by atoms with E-state index in [1.807, 2.05) is 0 Å². The zero-order valence-electron chi connectivity index (χ0n) is 15.9. The highest BCUT2D eigenvalue weighted by atomic mass is 35.5. The molecule has 2 aliphatic heterocycles. The molecule has 31 heavy (non-hydrogen) atoms. The van der Waals surface area contributed by atoms with Crippen molar-refractivity contribution >= 4 is 33.0 Å². The van der Waals surface area contributed by atoms with Gasteiger partial charge < -0.3 is 9.64 Å². The number of nitrogens with zero attached hydrogens (tertiary/aromatic N) is 2. The molecule has 0 unspecified atom stereocenters. The lowest BCUT2D eigenvalue weighted by Crippen LogP contribution is -2.29. The van der Waals surface area contributed by atoms with Crippen LogP contribution in [0.3, 0.4) is 0 Å². The fourth-order valence-electron chi connectivity index (χ4n) is 3.26. The van der Waals surface area contributed by atoms with Crippen molar-refractivity contribution in [1.82, 2.24) is 4.90 Å². The van der Waals surface area contributed by atoms with Crippen molar-refractivity contribution in [2.75, 3.05) is 12.3 Å². The monoisotopic (exact) mass is 468 g/mol. The summed E-state index contributed by atoms with van der Waals surface area (Å²) >= 11 is 6.22. The van der Waals surface area contributed by atoms with Gasteiger partial charge in [0.25, 0.3) is 10.0 Å². The lowest BCUT2D eigenvalue weighted by atomic mass is 10.0. The molecule has 0 saturated heterocycles. The first kappa shape index (κ1) is 21.5. The molecule has 2 aromatic rings. The Hall–Kier alpha value is -2.78. The average Bonchev–Trinajstić information content (AvgIpc) is 2.85. The van der Waals surface area contributed by atoms with E-state index >= 15 is 0 Å². The van der Waals surface area contributed by atoms with Crippen LogP contribution in [0.1, 0.15) is 17.5 Å². The Bertz CT molecular complexity index is 1200. The lowest BCUT2D eigenvalue weighted by Gasteiger charge is -2.26. The zero-order valence-corrected chi connectivity index (χ0v) is 17.5. The summed E-state index contributed by atoms with van der Waals surface area (Å²) in [6.07, 6.45) is -0.779. The lowest BCUT2D eigenvalue weighted by molar-refractivity contribution is -0.137. The third-order valence-electron chi connectivity index (χ3n) is 4.66. The van der Waals surface area contributed by atoms with Crippen LogP contribution < -0.4 is 4.74 Å². The van der Waals surface area contributed by atoms with Crippen molar-refractivity contribution in [2.24, 2.45) is 4.40 Å². The molecule has 0 bridgehead atoms. The standard InChI is InChI=1S/C21H16ClF3N2O3S/c22-16-12-19(20-26-31(28,29)10-2-9-27(20)13-16)14-5-7-17(8-6-14)30-18-4-1-3-15(11-18)21(23,24)25/h1,3-8,11-13H,2,9-10H2. The molecule has 0 aromatic heterocycles. The molecule has 10 heteroatoms. The van der Waals surface area contributed by atoms with Crippen LogP contribution in [0, 0.1) is 0 Å². The number of ether oxygens (including phenoxy) is 1. The van der Waals surface area contributed by atoms with Gasteiger partial charge in [0.15, 0.2) is 5.84 Å². The Morgan fingerprint density at radius 3 is 2.52 bits per heavy atom. The van der Waals surface area contributed by atoms with Gasteiger partial charge in [-0.25, -0.2) is 8.42 Å². The fraction of sp³-hybridized carbons (Fsp3) is 0.190. The average molecular weight is 469 g/mol. The molecule has 0 saturated carbocycles. The van der Waals surface area contributed by atoms with Crippen LogP contribution in [0.2, 0.25) is 0 Å². The van der Waals surface area contributed by atoms with E-state index < -0.39 is 21.8 Å². The molecule has 162 valence electrons. The summed E-state index contributed by atoms with van der Waals surface area (Å²) in [5.74, 6) is 0.618. The minimum absolute atomic E-state index is 0.0461. The number of hydrogen-bond donors (Lipinski definition) is 0. The molecule has 2 heterocycles. The van der Waals surface area contributed by atoms with Crippen LogP contribution in [0.5, 0.6) is 11.5 Å². The molecule has 0 aliphatic carbocycles. The van der Waals surface area contributed by atoms with Crippen molar-refractivity contribution in [3.8, 4) is 11.5 Å². The number of hydrogen-bond acceptors (Lipinski definition) is 4. The van der Waals surface area contributed by atoms with E-state index in [9.17, 15) is 21.6 Å². The van der Waals surface area contributed by atoms with E-state index in [-0.39, 0.29) is 17.3 Å². The summed E-state index contributed by atoms with van der Waals surface area (Å²) in [5.41, 5.74) is 0.371. The molecule has 5 nitrogen and oxygen atoms in total. The SMILES string of the molecule is O=S1(=O)CCCN2C=C(Cl)C=C(c3ccc(Oc4cccc(C(F)(F)F)c4)cc3)C2=N1. The van der Waals surface area contributed by atoms with Crippen molar-refractivity contribution in [3.05, 3.63) is 77.0 Å². The highest BCUT2D eigenvalue weighted by molar-refractivity contribution is 7.90. The Balaban J connectivity index is 1.62. The van der Waals surface area contributed by atoms with E-state index in [0.29, 0.717) is 34.9 Å². The maximum absolute atomic E-state index is 12.9. The molecule has 0 fully saturated rings. The summed E-state index contributed by atoms with van der Waals surface area (Å²) in [7, 11) is -3.60. The fourth-order valence-corrected chi connectivity index (χ4v) is 4.54. The number of alkyl halides is 3. The van der Waals surface area contributed by atoms with Crippen molar-refractivity contribution in [2.45, 2.75) is 12.6 Å². The minimum atomic E-state index is -4.46. The van der Waals surface area contributed by atoms with Gasteiger partial charge >= 0.3 is 6.18 Å². The first-order valence-corrected chi connectivity index (χ1v) is 11.2. The van der Waals surface area contributed by atoms with Crippen LogP contribution in [0.4, 0.5) is 13.2 Å². The normalized spacial score (nSPS) is 18.3. The van der Waals surface area contributed by atoms with Crippen molar-refractivity contribution in [1.29, 1.82) is 0 Å². The van der Waals surface area contributed by atoms with Gasteiger partial charge in [0.1, 0.15) is 11.5 Å². The Morgan fingerprint density at radius 1 is 1.06 bits per heavy atom. The summed E-state index contributed by atoms with van der Waals surface area (Å²) in [6, 6.07) is 11.1. The maximum atomic E-state index is 12.9. The van der Waals surface area contributed by atoms with E-state index in [1.165, 1.54) is 12.1 Å². The molecule has 0 N–H and O–H groups in total. The summed E-state index contributed by atoms with van der Waals surface area (Å²) in [5, 5.41) is 0.428. The van der Waals surface area contributed by atoms with Crippen LogP contribution in [0.15, 0.2) is 70.2 Å². The summed E-state index contributed by atoms with van der Waals surface area (Å²) in [4.78, 5) is 1.70. The van der Waals surface area contributed by atoms with E-state index in [1.54, 1.807) is 41.4 Å². The van der Waals surface area contributed by atoms with Gasteiger partial charge in [0.05, 0.1) is 16.3 Å². The van der Waals surface area contributed by atoms with Crippen LogP contribution in [0.25, 0.3) is 5.57 Å². The number of benzene rings is 2. The summed E-state index contributed by atoms with van der Waals surface area (Å²) in [6.45, 7) is 0.461. The minimum Gasteiger partial charge on any atom is -0.457 e. The molecular formula is C21H16ClF3N2O3S. The number of rotatable bonds is 3. The van der Waals surface area contributed by atoms with Gasteiger partial charge in [-0.1, -0.05) is 29.8 Å². The molecule has 4 rings (SSSR count). The van der Waals surface area contributed by atoms with Crippen molar-refractivity contribution < 1.29 is 26.3 Å².